The van der Waals surface area contributed by atoms with Crippen LogP contribution in [0, 0.1) is 0 Å². The van der Waals surface area contributed by atoms with Gasteiger partial charge in [-0.1, -0.05) is 53.6 Å². The van der Waals surface area contributed by atoms with E-state index in [1.165, 1.54) is 0 Å². The maximum Gasteiger partial charge on any atom is 0.417 e. The van der Waals surface area contributed by atoms with Gasteiger partial charge in [-0.05, 0) is 25.0 Å². The largest absolute Gasteiger partial charge is 0.417 e. The van der Waals surface area contributed by atoms with Crippen LogP contribution in [0.5, 0.6) is 0 Å². The van der Waals surface area contributed by atoms with Crippen molar-refractivity contribution in [3.8, 4) is 11.6 Å². The number of alkyl halides is 3. The summed E-state index contributed by atoms with van der Waals surface area (Å²) < 4.78 is 46.3. The molecule has 4 heterocycles. The minimum Gasteiger partial charge on any atom is -0.402 e. The third kappa shape index (κ3) is 5.48. The summed E-state index contributed by atoms with van der Waals surface area (Å²) in [4.78, 5) is 23.5. The Kier molecular flexibility index (Phi) is 6.87. The molecular formula is C28H24F3N7O3. The molecule has 4 aromatic rings. The summed E-state index contributed by atoms with van der Waals surface area (Å²) in [5, 5.41) is 23.5. The second kappa shape index (κ2) is 10.7. The highest BCUT2D eigenvalue weighted by Crippen LogP contribution is 2.37. The number of carbonyl (C=O) groups excluding carboxylic acids is 1. The first-order valence-corrected chi connectivity index (χ1v) is 12.9. The van der Waals surface area contributed by atoms with E-state index in [0.29, 0.717) is 43.5 Å². The number of anilines is 3. The topological polar surface area (TPSA) is 129 Å². The van der Waals surface area contributed by atoms with Gasteiger partial charge in [0.05, 0.1) is 28.8 Å². The van der Waals surface area contributed by atoms with Gasteiger partial charge in [0.15, 0.2) is 5.69 Å². The number of piperidine rings is 1. The van der Waals surface area contributed by atoms with Crippen molar-refractivity contribution in [1.82, 2.24) is 15.2 Å². The molecule has 1 saturated heterocycles. The molecule has 0 bridgehead atoms. The second-order valence-electron chi connectivity index (χ2n) is 9.65. The molecule has 0 aliphatic carbocycles. The first-order chi connectivity index (χ1) is 19.8. The minimum atomic E-state index is -4.60. The molecular weight excluding hydrogens is 539 g/mol. The van der Waals surface area contributed by atoms with Crippen molar-refractivity contribution in [1.29, 1.82) is 0 Å². The Morgan fingerprint density at radius 3 is 2.51 bits per heavy atom. The SMILES string of the molecule is O=C1Nc2ccccc2C(c2ccccc2)=NC1Nc1nnc(-c2ncc(C(F)(F)F)cc2N2CCC(O)CC2)o1. The number of benzodiazepines with no additional fused rings is 1. The Morgan fingerprint density at radius 1 is 1.02 bits per heavy atom. The predicted molar refractivity (Wildman–Crippen MR) is 145 cm³/mol. The Bertz CT molecular complexity index is 1600. The number of amides is 1. The van der Waals surface area contributed by atoms with Gasteiger partial charge in [-0.15, -0.1) is 5.10 Å². The summed E-state index contributed by atoms with van der Waals surface area (Å²) in [6, 6.07) is 17.5. The van der Waals surface area contributed by atoms with E-state index in [1.54, 1.807) is 17.0 Å². The quantitative estimate of drug-likeness (QED) is 0.327. The number of aliphatic hydroxyl groups excluding tert-OH is 1. The molecule has 41 heavy (non-hydrogen) atoms. The number of hydrogen-bond donors (Lipinski definition) is 3. The normalized spacial score (nSPS) is 17.9. The lowest BCUT2D eigenvalue weighted by Crippen LogP contribution is -2.36. The fraction of sp³-hybridized carbons (Fsp3) is 0.250. The third-order valence-electron chi connectivity index (χ3n) is 6.88. The van der Waals surface area contributed by atoms with Crippen molar-refractivity contribution in [2.24, 2.45) is 4.99 Å². The van der Waals surface area contributed by atoms with E-state index in [-0.39, 0.29) is 23.3 Å². The van der Waals surface area contributed by atoms with Gasteiger partial charge >= 0.3 is 12.2 Å². The van der Waals surface area contributed by atoms with Crippen molar-refractivity contribution in [2.75, 3.05) is 28.6 Å². The van der Waals surface area contributed by atoms with Gasteiger partial charge in [-0.25, -0.2) is 9.98 Å². The molecule has 0 radical (unpaired) electrons. The van der Waals surface area contributed by atoms with Crippen LogP contribution in [-0.4, -0.2) is 57.3 Å². The lowest BCUT2D eigenvalue weighted by atomic mass is 10.0. The number of benzene rings is 2. The van der Waals surface area contributed by atoms with Crippen LogP contribution in [0.25, 0.3) is 11.6 Å². The molecule has 3 N–H and O–H groups in total. The van der Waals surface area contributed by atoms with Crippen molar-refractivity contribution in [3.63, 3.8) is 0 Å². The van der Waals surface area contributed by atoms with Crippen LogP contribution in [-0.2, 0) is 11.0 Å². The molecule has 2 aromatic heterocycles. The van der Waals surface area contributed by atoms with E-state index in [1.807, 2.05) is 42.5 Å². The fourth-order valence-corrected chi connectivity index (χ4v) is 4.80. The molecule has 1 unspecified atom stereocenters. The predicted octanol–water partition coefficient (Wildman–Crippen LogP) is 4.34. The molecule has 10 nitrogen and oxygen atoms in total. The maximum atomic E-state index is 13.5. The Morgan fingerprint density at radius 2 is 1.76 bits per heavy atom. The van der Waals surface area contributed by atoms with Gasteiger partial charge in [0, 0.05) is 30.4 Å². The highest BCUT2D eigenvalue weighted by Gasteiger charge is 2.34. The number of fused-ring (bicyclic) bond motifs is 1. The summed E-state index contributed by atoms with van der Waals surface area (Å²) in [6.45, 7) is 0.659. The van der Waals surface area contributed by atoms with Crippen LogP contribution in [0.4, 0.5) is 30.6 Å². The number of para-hydroxylation sites is 1. The molecule has 2 aliphatic rings. The zero-order valence-corrected chi connectivity index (χ0v) is 21.5. The zero-order chi connectivity index (χ0) is 28.6. The minimum absolute atomic E-state index is 0.0566. The molecule has 2 aliphatic heterocycles. The molecule has 210 valence electrons. The van der Waals surface area contributed by atoms with Crippen molar-refractivity contribution >= 4 is 29.0 Å². The van der Waals surface area contributed by atoms with Gasteiger partial charge in [0.1, 0.15) is 0 Å². The molecule has 6 rings (SSSR count). The van der Waals surface area contributed by atoms with E-state index in [2.05, 4.69) is 30.8 Å². The van der Waals surface area contributed by atoms with Gasteiger partial charge in [-0.2, -0.15) is 13.2 Å². The summed E-state index contributed by atoms with van der Waals surface area (Å²) >= 11 is 0. The lowest BCUT2D eigenvalue weighted by molar-refractivity contribution is -0.137. The van der Waals surface area contributed by atoms with Crippen LogP contribution in [0.3, 0.4) is 0 Å². The van der Waals surface area contributed by atoms with Crippen molar-refractivity contribution < 1.29 is 27.5 Å². The summed E-state index contributed by atoms with van der Waals surface area (Å²) in [5.74, 6) is -0.602. The Hall–Kier alpha value is -4.78. The first kappa shape index (κ1) is 26.4. The van der Waals surface area contributed by atoms with E-state index < -0.39 is 29.9 Å². The number of pyridine rings is 1. The van der Waals surface area contributed by atoms with E-state index >= 15 is 0 Å². The molecule has 2 aromatic carbocycles. The van der Waals surface area contributed by atoms with Gasteiger partial charge in [-0.3, -0.25) is 4.79 Å². The molecule has 1 fully saturated rings. The second-order valence-corrected chi connectivity index (χ2v) is 9.65. The summed E-state index contributed by atoms with van der Waals surface area (Å²) in [7, 11) is 0. The Labute approximate surface area is 232 Å². The van der Waals surface area contributed by atoms with Crippen molar-refractivity contribution in [2.45, 2.75) is 31.3 Å². The number of carbonyl (C=O) groups is 1. The lowest BCUT2D eigenvalue weighted by Gasteiger charge is -2.32. The number of nitrogens with one attached hydrogen (secondary N) is 2. The summed E-state index contributed by atoms with van der Waals surface area (Å²) in [5.41, 5.74) is 1.97. The van der Waals surface area contributed by atoms with Crippen LogP contribution >= 0.6 is 0 Å². The Balaban J connectivity index is 1.33. The monoisotopic (exact) mass is 563 g/mol. The van der Waals surface area contributed by atoms with E-state index in [0.717, 1.165) is 17.2 Å². The van der Waals surface area contributed by atoms with Gasteiger partial charge < -0.3 is 25.1 Å². The number of hydrogen-bond acceptors (Lipinski definition) is 9. The average molecular weight is 564 g/mol. The van der Waals surface area contributed by atoms with Crippen LogP contribution in [0.1, 0.15) is 29.5 Å². The number of rotatable bonds is 5. The number of nitrogens with zero attached hydrogens (tertiary/aromatic N) is 5. The molecule has 1 atom stereocenters. The number of aliphatic imine (C=N–C) groups is 1. The van der Waals surface area contributed by atoms with Crippen LogP contribution in [0.15, 0.2) is 76.3 Å². The zero-order valence-electron chi connectivity index (χ0n) is 21.5. The van der Waals surface area contributed by atoms with Gasteiger partial charge in [0.25, 0.3) is 11.8 Å². The number of halogens is 3. The van der Waals surface area contributed by atoms with Gasteiger partial charge in [0.2, 0.25) is 6.17 Å². The third-order valence-corrected chi connectivity index (χ3v) is 6.88. The number of aromatic nitrogens is 3. The number of aliphatic hydroxyl groups is 1. The molecule has 1 amide bonds. The highest BCUT2D eigenvalue weighted by atomic mass is 19.4. The standard InChI is InChI=1S/C28H24F3N7O3/c29-28(30,31)17-14-21(38-12-10-18(39)11-13-38)23(32-15-17)26-36-37-27(41-26)35-24-25(40)33-20-9-5-4-8-19(20)22(34-24)16-6-2-1-3-7-16/h1-9,14-15,18,24,39H,10-13H2,(H,33,40)(H,35,37). The fourth-order valence-electron chi connectivity index (χ4n) is 4.80. The maximum absolute atomic E-state index is 13.5. The first-order valence-electron chi connectivity index (χ1n) is 12.9. The van der Waals surface area contributed by atoms with Crippen LogP contribution < -0.4 is 15.5 Å². The van der Waals surface area contributed by atoms with E-state index in [4.69, 9.17) is 4.42 Å². The van der Waals surface area contributed by atoms with Crippen LogP contribution in [0.2, 0.25) is 0 Å². The van der Waals surface area contributed by atoms with E-state index in [9.17, 15) is 23.1 Å². The molecule has 13 heteroatoms. The van der Waals surface area contributed by atoms with Crippen molar-refractivity contribution in [3.05, 3.63) is 83.6 Å². The summed E-state index contributed by atoms with van der Waals surface area (Å²) in [6.07, 6.45) is -4.78. The highest BCUT2D eigenvalue weighted by molar-refractivity contribution is 6.19. The smallest absolute Gasteiger partial charge is 0.402 e. The average Bonchev–Trinajstić information content (AvgIpc) is 3.38. The molecule has 0 spiro atoms. The molecule has 0 saturated carbocycles.